The molecule has 2 N–H and O–H groups in total. The molecule has 0 aliphatic heterocycles. The molecule has 2 heterocycles. The second-order valence-electron chi connectivity index (χ2n) is 5.03. The van der Waals surface area contributed by atoms with Gasteiger partial charge in [0, 0.05) is 10.9 Å². The lowest BCUT2D eigenvalue weighted by Gasteiger charge is -2.23. The van der Waals surface area contributed by atoms with Gasteiger partial charge in [-0.2, -0.15) is 4.98 Å². The minimum Gasteiger partial charge on any atom is -0.368 e. The minimum absolute atomic E-state index is 0.0485. The number of rotatable bonds is 5. The summed E-state index contributed by atoms with van der Waals surface area (Å²) < 4.78 is 0. The van der Waals surface area contributed by atoms with Crippen LogP contribution in [0.2, 0.25) is 0 Å². The number of nitro groups is 1. The molecule has 1 aliphatic carbocycles. The molecular weight excluding hydrogens is 290 g/mol. The number of nitrogens with two attached hydrogens (primary N) is 1. The van der Waals surface area contributed by atoms with E-state index in [0.29, 0.717) is 24.1 Å². The highest BCUT2D eigenvalue weighted by atomic mass is 32.1. The molecule has 0 saturated heterocycles. The number of hydrogen-bond donors (Lipinski definition) is 1. The SMILES string of the molecule is Cc1nc(N)nc(N(Cc2cccs2)C2CC2)c1[N+](=O)[O-]. The largest absolute Gasteiger partial charge is 0.368 e. The van der Waals surface area contributed by atoms with E-state index in [1.807, 2.05) is 22.4 Å². The maximum absolute atomic E-state index is 11.4. The summed E-state index contributed by atoms with van der Waals surface area (Å²) in [5.41, 5.74) is 5.95. The van der Waals surface area contributed by atoms with Crippen LogP contribution in [0.5, 0.6) is 0 Å². The lowest BCUT2D eigenvalue weighted by molar-refractivity contribution is -0.385. The van der Waals surface area contributed by atoms with E-state index in [0.717, 1.165) is 17.7 Å². The number of aromatic nitrogens is 2. The molecule has 1 fully saturated rings. The van der Waals surface area contributed by atoms with Gasteiger partial charge >= 0.3 is 5.69 Å². The molecule has 1 aliphatic rings. The first-order valence-corrected chi connectivity index (χ1v) is 7.51. The van der Waals surface area contributed by atoms with Gasteiger partial charge in [-0.3, -0.25) is 10.1 Å². The fourth-order valence-corrected chi connectivity index (χ4v) is 3.02. The molecule has 0 atom stereocenters. The molecule has 1 saturated carbocycles. The monoisotopic (exact) mass is 305 g/mol. The first-order valence-electron chi connectivity index (χ1n) is 6.64. The summed E-state index contributed by atoms with van der Waals surface area (Å²) in [5.74, 6) is 0.408. The van der Waals surface area contributed by atoms with Gasteiger partial charge in [0.25, 0.3) is 0 Å². The van der Waals surface area contributed by atoms with Crippen LogP contribution in [-0.2, 0) is 6.54 Å². The van der Waals surface area contributed by atoms with Crippen molar-refractivity contribution in [3.8, 4) is 0 Å². The van der Waals surface area contributed by atoms with E-state index in [1.54, 1.807) is 18.3 Å². The molecule has 8 heteroatoms. The van der Waals surface area contributed by atoms with Crippen molar-refractivity contribution in [3.05, 3.63) is 38.2 Å². The van der Waals surface area contributed by atoms with E-state index in [4.69, 9.17) is 5.73 Å². The third-order valence-corrected chi connectivity index (χ3v) is 4.27. The zero-order chi connectivity index (χ0) is 15.0. The van der Waals surface area contributed by atoms with E-state index in [9.17, 15) is 10.1 Å². The van der Waals surface area contributed by atoms with E-state index < -0.39 is 4.92 Å². The highest BCUT2D eigenvalue weighted by Gasteiger charge is 2.36. The van der Waals surface area contributed by atoms with Crippen LogP contribution in [0.25, 0.3) is 0 Å². The normalized spacial score (nSPS) is 14.1. The van der Waals surface area contributed by atoms with Crippen LogP contribution >= 0.6 is 11.3 Å². The number of thiophene rings is 1. The summed E-state index contributed by atoms with van der Waals surface area (Å²) in [4.78, 5) is 22.1. The third-order valence-electron chi connectivity index (χ3n) is 3.41. The molecule has 21 heavy (non-hydrogen) atoms. The molecule has 0 radical (unpaired) electrons. The number of hydrogen-bond acceptors (Lipinski definition) is 7. The summed E-state index contributed by atoms with van der Waals surface area (Å²) in [6.07, 6.45) is 2.04. The van der Waals surface area contributed by atoms with Gasteiger partial charge in [-0.15, -0.1) is 11.3 Å². The van der Waals surface area contributed by atoms with Crippen LogP contribution in [-0.4, -0.2) is 20.9 Å². The van der Waals surface area contributed by atoms with Gasteiger partial charge in [-0.05, 0) is 31.2 Å². The summed E-state index contributed by atoms with van der Waals surface area (Å²) in [6, 6.07) is 4.28. The van der Waals surface area contributed by atoms with Crippen LogP contribution in [0.3, 0.4) is 0 Å². The highest BCUT2D eigenvalue weighted by Crippen LogP contribution is 2.38. The zero-order valence-electron chi connectivity index (χ0n) is 11.5. The zero-order valence-corrected chi connectivity index (χ0v) is 12.3. The van der Waals surface area contributed by atoms with Crippen molar-refractivity contribution in [1.82, 2.24) is 9.97 Å². The second kappa shape index (κ2) is 5.28. The van der Waals surface area contributed by atoms with Gasteiger partial charge in [0.2, 0.25) is 11.8 Å². The molecule has 2 aromatic rings. The van der Waals surface area contributed by atoms with Gasteiger partial charge in [-0.1, -0.05) is 6.07 Å². The summed E-state index contributed by atoms with van der Waals surface area (Å²) in [6.45, 7) is 2.20. The maximum atomic E-state index is 11.4. The van der Waals surface area contributed by atoms with Crippen LogP contribution < -0.4 is 10.6 Å². The molecule has 0 amide bonds. The average molecular weight is 305 g/mol. The molecule has 7 nitrogen and oxygen atoms in total. The van der Waals surface area contributed by atoms with Crippen LogP contribution in [0.4, 0.5) is 17.5 Å². The Labute approximate surface area is 125 Å². The Morgan fingerprint density at radius 1 is 1.52 bits per heavy atom. The maximum Gasteiger partial charge on any atom is 0.332 e. The molecule has 2 aromatic heterocycles. The fraction of sp³-hybridized carbons (Fsp3) is 0.385. The van der Waals surface area contributed by atoms with Crippen molar-refractivity contribution < 1.29 is 4.92 Å². The Kier molecular flexibility index (Phi) is 3.46. The van der Waals surface area contributed by atoms with E-state index in [1.165, 1.54) is 0 Å². The predicted octanol–water partition coefficient (Wildman–Crippen LogP) is 2.51. The van der Waals surface area contributed by atoms with Gasteiger partial charge < -0.3 is 10.6 Å². The lowest BCUT2D eigenvalue weighted by Crippen LogP contribution is -2.27. The predicted molar refractivity (Wildman–Crippen MR) is 81.4 cm³/mol. The Hall–Kier alpha value is -2.22. The minimum atomic E-state index is -0.423. The van der Waals surface area contributed by atoms with Crippen molar-refractivity contribution in [2.75, 3.05) is 10.6 Å². The van der Waals surface area contributed by atoms with Crippen molar-refractivity contribution >= 4 is 28.8 Å². The Morgan fingerprint density at radius 2 is 2.29 bits per heavy atom. The van der Waals surface area contributed by atoms with Gasteiger partial charge in [0.15, 0.2) is 0 Å². The molecule has 110 valence electrons. The summed E-state index contributed by atoms with van der Waals surface area (Å²) in [7, 11) is 0. The quantitative estimate of drug-likeness (QED) is 0.673. The first kappa shape index (κ1) is 13.7. The molecule has 0 aromatic carbocycles. The van der Waals surface area contributed by atoms with E-state index in [-0.39, 0.29) is 11.6 Å². The first-order chi connectivity index (χ1) is 10.1. The molecule has 0 unspecified atom stereocenters. The number of aryl methyl sites for hydroxylation is 1. The number of nitrogens with zero attached hydrogens (tertiary/aromatic N) is 4. The number of nitrogen functional groups attached to an aromatic ring is 1. The van der Waals surface area contributed by atoms with E-state index >= 15 is 0 Å². The van der Waals surface area contributed by atoms with E-state index in [2.05, 4.69) is 9.97 Å². The van der Waals surface area contributed by atoms with Crippen LogP contribution in [0.15, 0.2) is 17.5 Å². The Bertz CT molecular complexity index is 669. The molecule has 0 spiro atoms. The Morgan fingerprint density at radius 3 is 2.86 bits per heavy atom. The fourth-order valence-electron chi connectivity index (χ4n) is 2.32. The van der Waals surface area contributed by atoms with Crippen LogP contribution in [0.1, 0.15) is 23.4 Å². The third kappa shape index (κ3) is 2.80. The van der Waals surface area contributed by atoms with Crippen molar-refractivity contribution in [2.24, 2.45) is 0 Å². The van der Waals surface area contributed by atoms with Gasteiger partial charge in [-0.25, -0.2) is 4.98 Å². The number of anilines is 2. The van der Waals surface area contributed by atoms with Crippen LogP contribution in [0, 0.1) is 17.0 Å². The molecule has 0 bridgehead atoms. The van der Waals surface area contributed by atoms with Crippen molar-refractivity contribution in [1.29, 1.82) is 0 Å². The lowest BCUT2D eigenvalue weighted by atomic mass is 10.3. The second-order valence-corrected chi connectivity index (χ2v) is 6.07. The Balaban J connectivity index is 2.04. The average Bonchev–Trinajstić information content (AvgIpc) is 3.11. The highest BCUT2D eigenvalue weighted by molar-refractivity contribution is 7.09. The summed E-state index contributed by atoms with van der Waals surface area (Å²) >= 11 is 1.63. The molecule has 3 rings (SSSR count). The summed E-state index contributed by atoms with van der Waals surface area (Å²) in [5, 5.41) is 13.4. The van der Waals surface area contributed by atoms with Gasteiger partial charge in [0.05, 0.1) is 11.5 Å². The van der Waals surface area contributed by atoms with Crippen molar-refractivity contribution in [2.45, 2.75) is 32.4 Å². The topological polar surface area (TPSA) is 98.2 Å². The molecular formula is C13H15N5O2S. The standard InChI is InChI=1S/C13H15N5O2S/c1-8-11(18(19)20)12(16-13(14)15-8)17(9-4-5-9)7-10-3-2-6-21-10/h2-3,6,9H,4-5,7H2,1H3,(H2,14,15,16). The van der Waals surface area contributed by atoms with Gasteiger partial charge in [0.1, 0.15) is 5.69 Å². The smallest absolute Gasteiger partial charge is 0.332 e. The van der Waals surface area contributed by atoms with Crippen molar-refractivity contribution in [3.63, 3.8) is 0 Å².